The SMILES string of the molecule is C[C@]12SC(c3ccccc3)=NC1=c1nc(-c3ccccc3)sc1=C1N=C(c3ccccc3)S[C@@]12C. The van der Waals surface area contributed by atoms with E-state index in [0.717, 1.165) is 53.1 Å². The Kier molecular flexibility index (Phi) is 4.75. The number of hydrogen-bond donors (Lipinski definition) is 0. The van der Waals surface area contributed by atoms with Crippen molar-refractivity contribution in [3.63, 3.8) is 0 Å². The van der Waals surface area contributed by atoms with Crippen LogP contribution in [0.4, 0.5) is 0 Å². The lowest BCUT2D eigenvalue weighted by molar-refractivity contribution is 0.671. The lowest BCUT2D eigenvalue weighted by atomic mass is 9.85. The molecule has 4 aromatic rings. The van der Waals surface area contributed by atoms with Gasteiger partial charge in [-0.2, -0.15) is 0 Å². The summed E-state index contributed by atoms with van der Waals surface area (Å²) in [6.45, 7) is 4.67. The normalized spacial score (nSPS) is 24.5. The maximum Gasteiger partial charge on any atom is 0.124 e. The first-order chi connectivity index (χ1) is 17.1. The van der Waals surface area contributed by atoms with Gasteiger partial charge in [-0.05, 0) is 13.8 Å². The number of benzene rings is 3. The maximum atomic E-state index is 5.29. The monoisotopic (exact) mass is 507 g/mol. The zero-order chi connectivity index (χ0) is 23.6. The Morgan fingerprint density at radius 2 is 1.03 bits per heavy atom. The minimum atomic E-state index is -0.298. The Morgan fingerprint density at radius 3 is 1.57 bits per heavy atom. The molecule has 3 aromatic carbocycles. The summed E-state index contributed by atoms with van der Waals surface area (Å²) in [6, 6.07) is 31.5. The molecule has 0 fully saturated rings. The number of nitrogens with zero attached hydrogens (tertiary/aromatic N) is 3. The van der Waals surface area contributed by atoms with Crippen LogP contribution in [-0.4, -0.2) is 24.6 Å². The largest absolute Gasteiger partial charge is 0.243 e. The summed E-state index contributed by atoms with van der Waals surface area (Å²) in [6.07, 6.45) is 0. The first kappa shape index (κ1) is 21.4. The number of hydrogen-bond acceptors (Lipinski definition) is 6. The van der Waals surface area contributed by atoms with Crippen LogP contribution in [0, 0.1) is 0 Å². The molecule has 2 aliphatic heterocycles. The molecule has 3 nitrogen and oxygen atoms in total. The van der Waals surface area contributed by atoms with Crippen molar-refractivity contribution in [1.29, 1.82) is 0 Å². The first-order valence-electron chi connectivity index (χ1n) is 11.5. The highest BCUT2D eigenvalue weighted by molar-refractivity contribution is 8.20. The van der Waals surface area contributed by atoms with E-state index >= 15 is 0 Å². The van der Waals surface area contributed by atoms with Crippen molar-refractivity contribution in [1.82, 2.24) is 4.98 Å². The van der Waals surface area contributed by atoms with Crippen LogP contribution in [0.1, 0.15) is 25.0 Å². The van der Waals surface area contributed by atoms with E-state index in [4.69, 9.17) is 15.0 Å². The molecule has 0 bridgehead atoms. The number of thiazole rings is 1. The summed E-state index contributed by atoms with van der Waals surface area (Å²) in [5.41, 5.74) is 5.63. The number of fused-ring (bicyclic) bond motifs is 4. The molecule has 0 saturated carbocycles. The molecular weight excluding hydrogens is 487 g/mol. The van der Waals surface area contributed by atoms with Gasteiger partial charge in [-0.25, -0.2) is 15.0 Å². The van der Waals surface area contributed by atoms with Crippen LogP contribution < -0.4 is 9.88 Å². The molecule has 1 aromatic heterocycles. The van der Waals surface area contributed by atoms with Crippen molar-refractivity contribution in [2.45, 2.75) is 23.3 Å². The van der Waals surface area contributed by atoms with Crippen molar-refractivity contribution in [3.8, 4) is 10.6 Å². The molecule has 0 unspecified atom stereocenters. The standard InChI is InChI=1S/C29H21N3S3/c1-28-23(31-26(34-28)19-14-8-4-9-15-19)21-22(33-25(30-21)18-12-6-3-7-13-18)24-29(28,2)35-27(32-24)20-16-10-5-11-17-20/h3-17H,1-2H3/t28-,29-/m0/s1. The lowest BCUT2D eigenvalue weighted by Gasteiger charge is -2.41. The summed E-state index contributed by atoms with van der Waals surface area (Å²) in [5.74, 6) is 0. The van der Waals surface area contributed by atoms with Crippen molar-refractivity contribution in [2.24, 2.45) is 9.98 Å². The zero-order valence-electron chi connectivity index (χ0n) is 19.2. The topological polar surface area (TPSA) is 37.6 Å². The van der Waals surface area contributed by atoms with Crippen molar-refractivity contribution < 1.29 is 0 Å². The van der Waals surface area contributed by atoms with Crippen LogP contribution in [0.5, 0.6) is 0 Å². The van der Waals surface area contributed by atoms with Gasteiger partial charge in [0.15, 0.2) is 0 Å². The zero-order valence-corrected chi connectivity index (χ0v) is 21.7. The molecule has 0 amide bonds. The van der Waals surface area contributed by atoms with Crippen molar-refractivity contribution in [3.05, 3.63) is 112 Å². The van der Waals surface area contributed by atoms with E-state index in [2.05, 4.69) is 98.8 Å². The van der Waals surface area contributed by atoms with Gasteiger partial charge in [0.05, 0.1) is 25.4 Å². The van der Waals surface area contributed by atoms with Crippen LogP contribution in [0.2, 0.25) is 0 Å². The number of thioether (sulfide) groups is 2. The van der Waals surface area contributed by atoms with E-state index in [1.54, 1.807) is 11.3 Å². The fourth-order valence-corrected chi connectivity index (χ4v) is 9.00. The average molecular weight is 508 g/mol. The van der Waals surface area contributed by atoms with Crippen LogP contribution in [-0.2, 0) is 0 Å². The quantitative estimate of drug-likeness (QED) is 0.344. The van der Waals surface area contributed by atoms with Crippen molar-refractivity contribution in [2.75, 3.05) is 0 Å². The molecule has 2 atom stereocenters. The van der Waals surface area contributed by atoms with Gasteiger partial charge in [0, 0.05) is 16.7 Å². The van der Waals surface area contributed by atoms with Crippen LogP contribution in [0.15, 0.2) is 101 Å². The highest BCUT2D eigenvalue weighted by Crippen LogP contribution is 2.62. The number of aromatic nitrogens is 1. The van der Waals surface area contributed by atoms with Gasteiger partial charge in [-0.3, -0.25) is 0 Å². The molecule has 0 spiro atoms. The van der Waals surface area contributed by atoms with E-state index in [9.17, 15) is 0 Å². The summed E-state index contributed by atoms with van der Waals surface area (Å²) < 4.78 is 0.578. The van der Waals surface area contributed by atoms with Crippen molar-refractivity contribution >= 4 is 56.3 Å². The summed E-state index contributed by atoms with van der Waals surface area (Å²) >= 11 is 5.46. The highest BCUT2D eigenvalue weighted by Gasteiger charge is 2.60. The van der Waals surface area contributed by atoms with Crippen LogP contribution >= 0.6 is 34.9 Å². The number of rotatable bonds is 3. The average Bonchev–Trinajstić information content (AvgIpc) is 3.60. The molecule has 35 heavy (non-hydrogen) atoms. The molecular formula is C29H21N3S3. The van der Waals surface area contributed by atoms with Gasteiger partial charge < -0.3 is 0 Å². The van der Waals surface area contributed by atoms with E-state index in [1.165, 1.54) is 0 Å². The van der Waals surface area contributed by atoms with Gasteiger partial charge >= 0.3 is 0 Å². The predicted molar refractivity (Wildman–Crippen MR) is 152 cm³/mol. The van der Waals surface area contributed by atoms with E-state index in [0.29, 0.717) is 0 Å². The Morgan fingerprint density at radius 1 is 0.571 bits per heavy atom. The third kappa shape index (κ3) is 3.10. The van der Waals surface area contributed by atoms with Crippen LogP contribution in [0.25, 0.3) is 22.0 Å². The lowest BCUT2D eigenvalue weighted by Crippen LogP contribution is -2.53. The Balaban J connectivity index is 1.53. The summed E-state index contributed by atoms with van der Waals surface area (Å²) in [4.78, 5) is 15.7. The van der Waals surface area contributed by atoms with Crippen LogP contribution in [0.3, 0.4) is 0 Å². The molecule has 3 aliphatic rings. The molecule has 3 heterocycles. The molecule has 0 N–H and O–H groups in total. The maximum absolute atomic E-state index is 5.29. The van der Waals surface area contributed by atoms with Gasteiger partial charge in [-0.15, -0.1) is 11.3 Å². The summed E-state index contributed by atoms with van der Waals surface area (Å²) in [7, 11) is 0. The number of aliphatic imine (C=N–C) groups is 2. The summed E-state index contributed by atoms with van der Waals surface area (Å²) in [5, 5.41) is 4.13. The second-order valence-electron chi connectivity index (χ2n) is 9.10. The second-order valence-corrected chi connectivity index (χ2v) is 12.9. The molecule has 7 rings (SSSR count). The molecule has 0 saturated heterocycles. The molecule has 6 heteroatoms. The highest BCUT2D eigenvalue weighted by atomic mass is 32.2. The van der Waals surface area contributed by atoms with E-state index in [1.807, 2.05) is 29.6 Å². The fraction of sp³-hybridized carbons (Fsp3) is 0.138. The molecule has 170 valence electrons. The third-order valence-electron chi connectivity index (χ3n) is 6.97. The van der Waals surface area contributed by atoms with Gasteiger partial charge in [-0.1, -0.05) is 115 Å². The van der Waals surface area contributed by atoms with Gasteiger partial charge in [0.2, 0.25) is 0 Å². The minimum absolute atomic E-state index is 0.272. The predicted octanol–water partition coefficient (Wildman–Crippen LogP) is 5.94. The first-order valence-corrected chi connectivity index (χ1v) is 14.0. The smallest absolute Gasteiger partial charge is 0.124 e. The Bertz CT molecular complexity index is 1550. The van der Waals surface area contributed by atoms with Gasteiger partial charge in [0.25, 0.3) is 0 Å². The van der Waals surface area contributed by atoms with E-state index < -0.39 is 0 Å². The minimum Gasteiger partial charge on any atom is -0.243 e. The second kappa shape index (κ2) is 7.79. The molecule has 1 aliphatic carbocycles. The third-order valence-corrected chi connectivity index (χ3v) is 11.3. The van der Waals surface area contributed by atoms with Gasteiger partial charge in [0.1, 0.15) is 20.4 Å². The Labute approximate surface area is 216 Å². The fourth-order valence-electron chi connectivity index (χ4n) is 4.89. The van der Waals surface area contributed by atoms with E-state index in [-0.39, 0.29) is 9.49 Å². The molecule has 0 radical (unpaired) electrons. The Hall–Kier alpha value is -2.93.